The van der Waals surface area contributed by atoms with Crippen molar-refractivity contribution in [2.75, 3.05) is 6.61 Å². The van der Waals surface area contributed by atoms with Crippen LogP contribution in [0.3, 0.4) is 0 Å². The highest BCUT2D eigenvalue weighted by atomic mass is 16.5. The van der Waals surface area contributed by atoms with E-state index in [-0.39, 0.29) is 16.9 Å². The molecule has 1 aromatic heterocycles. The predicted molar refractivity (Wildman–Crippen MR) is 87.6 cm³/mol. The fourth-order valence-electron chi connectivity index (χ4n) is 2.46. The number of nitrogens with zero attached hydrogens (tertiary/aromatic N) is 1. The fraction of sp³-hybridized carbons (Fsp3) is 0.333. The zero-order valence-electron chi connectivity index (χ0n) is 13.3. The summed E-state index contributed by atoms with van der Waals surface area (Å²) >= 11 is 0. The Hall–Kier alpha value is -2.36. The number of carbonyl (C=O) groups is 1. The maximum absolute atomic E-state index is 12.5. The number of rotatable bonds is 6. The van der Waals surface area contributed by atoms with Gasteiger partial charge in [0.15, 0.2) is 5.78 Å². The number of hydrogen-bond donors (Lipinski definition) is 0. The molecule has 0 spiro atoms. The van der Waals surface area contributed by atoms with Crippen molar-refractivity contribution in [1.29, 1.82) is 0 Å². The van der Waals surface area contributed by atoms with Gasteiger partial charge in [-0.15, -0.1) is 0 Å². The first-order valence-electron chi connectivity index (χ1n) is 7.56. The predicted octanol–water partition coefficient (Wildman–Crippen LogP) is 3.53. The van der Waals surface area contributed by atoms with Crippen LogP contribution >= 0.6 is 0 Å². The van der Waals surface area contributed by atoms with Crippen molar-refractivity contribution < 1.29 is 9.53 Å². The van der Waals surface area contributed by atoms with Gasteiger partial charge in [0.05, 0.1) is 17.9 Å². The maximum Gasteiger partial charge on any atom is 0.261 e. The zero-order chi connectivity index (χ0) is 16.1. The van der Waals surface area contributed by atoms with Crippen LogP contribution in [0.15, 0.2) is 41.2 Å². The molecule has 1 heterocycles. The maximum atomic E-state index is 12.5. The highest BCUT2D eigenvalue weighted by molar-refractivity contribution is 5.94. The molecule has 2 aromatic rings. The molecule has 0 aliphatic heterocycles. The number of benzene rings is 1. The minimum atomic E-state index is -0.228. The third-order valence-corrected chi connectivity index (χ3v) is 3.44. The van der Waals surface area contributed by atoms with Gasteiger partial charge in [0.25, 0.3) is 5.56 Å². The van der Waals surface area contributed by atoms with E-state index in [1.807, 2.05) is 44.2 Å². The van der Waals surface area contributed by atoms with E-state index in [9.17, 15) is 9.59 Å². The summed E-state index contributed by atoms with van der Waals surface area (Å²) in [4.78, 5) is 24.1. The monoisotopic (exact) mass is 299 g/mol. The van der Waals surface area contributed by atoms with Gasteiger partial charge in [0, 0.05) is 12.1 Å². The topological polar surface area (TPSA) is 48.3 Å². The molecule has 4 nitrogen and oxygen atoms in total. The molecule has 4 heteroatoms. The smallest absolute Gasteiger partial charge is 0.261 e. The molecule has 0 saturated carbocycles. The van der Waals surface area contributed by atoms with Crippen LogP contribution in [0.4, 0.5) is 0 Å². The summed E-state index contributed by atoms with van der Waals surface area (Å²) in [5.41, 5.74) is 1.72. The number of carbonyl (C=O) groups excluding carboxylic acids is 1. The quantitative estimate of drug-likeness (QED) is 0.767. The largest absolute Gasteiger partial charge is 0.494 e. The summed E-state index contributed by atoms with van der Waals surface area (Å²) in [7, 11) is 0. The van der Waals surface area contributed by atoms with E-state index in [0.717, 1.165) is 23.4 Å². The van der Waals surface area contributed by atoms with Crippen molar-refractivity contribution in [3.05, 3.63) is 52.3 Å². The molecule has 0 radical (unpaired) electrons. The van der Waals surface area contributed by atoms with Gasteiger partial charge in [-0.1, -0.05) is 19.1 Å². The molecular formula is C18H21NO3. The van der Waals surface area contributed by atoms with Crippen molar-refractivity contribution >= 4 is 5.78 Å². The number of aromatic nitrogens is 1. The van der Waals surface area contributed by atoms with Crippen LogP contribution in [0, 0.1) is 0 Å². The number of ether oxygens (including phenoxy) is 1. The summed E-state index contributed by atoms with van der Waals surface area (Å²) in [6.45, 7) is 6.53. The third kappa shape index (κ3) is 3.27. The first-order chi connectivity index (χ1) is 10.6. The first kappa shape index (κ1) is 16.0. The lowest BCUT2D eigenvalue weighted by Crippen LogP contribution is -2.26. The van der Waals surface area contributed by atoms with E-state index < -0.39 is 0 Å². The van der Waals surface area contributed by atoms with Gasteiger partial charge in [-0.3, -0.25) is 9.59 Å². The van der Waals surface area contributed by atoms with Crippen molar-refractivity contribution in [3.8, 4) is 17.0 Å². The molecule has 0 unspecified atom stereocenters. The molecule has 0 atom stereocenters. The molecular weight excluding hydrogens is 278 g/mol. The third-order valence-electron chi connectivity index (χ3n) is 3.44. The summed E-state index contributed by atoms with van der Waals surface area (Å²) in [6, 6.07) is 11.1. The summed E-state index contributed by atoms with van der Waals surface area (Å²) < 4.78 is 7.19. The van der Waals surface area contributed by atoms with Gasteiger partial charge < -0.3 is 9.30 Å². The molecule has 2 rings (SSSR count). The highest BCUT2D eigenvalue weighted by Crippen LogP contribution is 2.23. The highest BCUT2D eigenvalue weighted by Gasteiger charge is 2.13. The van der Waals surface area contributed by atoms with Crippen molar-refractivity contribution in [3.63, 3.8) is 0 Å². The summed E-state index contributed by atoms with van der Waals surface area (Å²) in [5, 5.41) is 0. The van der Waals surface area contributed by atoms with Crippen LogP contribution in [-0.2, 0) is 6.54 Å². The van der Waals surface area contributed by atoms with Crippen LogP contribution in [0.1, 0.15) is 37.6 Å². The number of Topliss-reactive ketones (excluding diaryl/α,β-unsaturated/α-hetero) is 1. The second kappa shape index (κ2) is 7.07. The van der Waals surface area contributed by atoms with Gasteiger partial charge in [-0.05, 0) is 44.5 Å². The molecule has 1 aromatic carbocycles. The van der Waals surface area contributed by atoms with Crippen molar-refractivity contribution in [2.45, 2.75) is 33.7 Å². The minimum absolute atomic E-state index is 0.204. The molecule has 0 aliphatic carbocycles. The second-order valence-electron chi connectivity index (χ2n) is 5.11. The van der Waals surface area contributed by atoms with E-state index >= 15 is 0 Å². The normalized spacial score (nSPS) is 10.5. The lowest BCUT2D eigenvalue weighted by Gasteiger charge is -2.14. The average Bonchev–Trinajstić information content (AvgIpc) is 2.49. The summed E-state index contributed by atoms with van der Waals surface area (Å²) in [5.74, 6) is 0.565. The molecule has 0 fully saturated rings. The zero-order valence-corrected chi connectivity index (χ0v) is 13.3. The van der Waals surface area contributed by atoms with E-state index in [4.69, 9.17) is 4.74 Å². The van der Waals surface area contributed by atoms with Crippen molar-refractivity contribution in [2.24, 2.45) is 0 Å². The van der Waals surface area contributed by atoms with Crippen LogP contribution < -0.4 is 10.3 Å². The standard InChI is InChI=1S/C18H21NO3/c1-4-11-19-17(10-9-16(13(3)20)18(19)21)14-7-6-8-15(12-14)22-5-2/h6-10,12H,4-5,11H2,1-3H3. The number of ketones is 1. The minimum Gasteiger partial charge on any atom is -0.494 e. The number of pyridine rings is 1. The van der Waals surface area contributed by atoms with Crippen LogP contribution in [0.5, 0.6) is 5.75 Å². The number of hydrogen-bond acceptors (Lipinski definition) is 3. The SMILES string of the molecule is CCCn1c(-c2cccc(OCC)c2)ccc(C(C)=O)c1=O. The van der Waals surface area contributed by atoms with E-state index in [2.05, 4.69) is 0 Å². The van der Waals surface area contributed by atoms with E-state index in [1.54, 1.807) is 10.6 Å². The Bertz CT molecular complexity index is 731. The molecule has 0 amide bonds. The summed E-state index contributed by atoms with van der Waals surface area (Å²) in [6.07, 6.45) is 0.819. The fourth-order valence-corrected chi connectivity index (χ4v) is 2.46. The van der Waals surface area contributed by atoms with Crippen molar-refractivity contribution in [1.82, 2.24) is 4.57 Å². The van der Waals surface area contributed by atoms with Crippen LogP contribution in [-0.4, -0.2) is 17.0 Å². The average molecular weight is 299 g/mol. The van der Waals surface area contributed by atoms with Crippen LogP contribution in [0.2, 0.25) is 0 Å². The van der Waals surface area contributed by atoms with Gasteiger partial charge in [-0.25, -0.2) is 0 Å². The van der Waals surface area contributed by atoms with E-state index in [1.165, 1.54) is 6.92 Å². The molecule has 0 N–H and O–H groups in total. The Labute approximate surface area is 130 Å². The van der Waals surface area contributed by atoms with Gasteiger partial charge >= 0.3 is 0 Å². The Morgan fingerprint density at radius 3 is 2.59 bits per heavy atom. The van der Waals surface area contributed by atoms with Gasteiger partial charge in [0.2, 0.25) is 0 Å². The van der Waals surface area contributed by atoms with Gasteiger partial charge in [0.1, 0.15) is 5.75 Å². The lowest BCUT2D eigenvalue weighted by atomic mass is 10.1. The lowest BCUT2D eigenvalue weighted by molar-refractivity contribution is 0.101. The van der Waals surface area contributed by atoms with Gasteiger partial charge in [-0.2, -0.15) is 0 Å². The molecule has 0 saturated heterocycles. The molecule has 22 heavy (non-hydrogen) atoms. The second-order valence-corrected chi connectivity index (χ2v) is 5.11. The first-order valence-corrected chi connectivity index (χ1v) is 7.56. The molecule has 0 aliphatic rings. The molecule has 0 bridgehead atoms. The Morgan fingerprint density at radius 2 is 1.95 bits per heavy atom. The Morgan fingerprint density at radius 1 is 1.18 bits per heavy atom. The van der Waals surface area contributed by atoms with E-state index in [0.29, 0.717) is 13.2 Å². The van der Waals surface area contributed by atoms with Crippen LogP contribution in [0.25, 0.3) is 11.3 Å². The Kier molecular flexibility index (Phi) is 5.15. The molecule has 116 valence electrons. The Balaban J connectivity index is 2.59.